The number of unbranched alkanes of at least 4 members (excludes halogenated alkanes) is 2. The number of aliphatic hydroxyl groups is 1. The van der Waals surface area contributed by atoms with E-state index in [4.69, 9.17) is 9.47 Å². The molecule has 0 bridgehead atoms. The van der Waals surface area contributed by atoms with Crippen LogP contribution in [0.3, 0.4) is 0 Å². The van der Waals surface area contributed by atoms with Crippen molar-refractivity contribution >= 4 is 11.9 Å². The fourth-order valence-corrected chi connectivity index (χ4v) is 2.89. The van der Waals surface area contributed by atoms with Gasteiger partial charge in [-0.15, -0.1) is 0 Å². The Morgan fingerprint density at radius 1 is 1.25 bits per heavy atom. The number of hydrogen-bond acceptors (Lipinski definition) is 5. The molecule has 1 N–H and O–H groups in total. The summed E-state index contributed by atoms with van der Waals surface area (Å²) in [4.78, 5) is 24.3. The molecule has 5 heteroatoms. The van der Waals surface area contributed by atoms with Crippen LogP contribution in [0.25, 0.3) is 0 Å². The van der Waals surface area contributed by atoms with Gasteiger partial charge in [0.05, 0.1) is 12.5 Å². The predicted octanol–water partition coefficient (Wildman–Crippen LogP) is 3.54. The van der Waals surface area contributed by atoms with Crippen LogP contribution in [0.2, 0.25) is 0 Å². The highest BCUT2D eigenvalue weighted by atomic mass is 16.6. The number of esters is 2. The SMILES string of the molecule is CCCCC(CCCC)C(=O)OCC1(CO)CC(=C(C)C)C(=O)O1. The van der Waals surface area contributed by atoms with Crippen molar-refractivity contribution in [2.45, 2.75) is 78.2 Å². The van der Waals surface area contributed by atoms with Gasteiger partial charge in [-0.05, 0) is 26.7 Å². The van der Waals surface area contributed by atoms with E-state index in [1.54, 1.807) is 0 Å². The predicted molar refractivity (Wildman–Crippen MR) is 92.4 cm³/mol. The minimum Gasteiger partial charge on any atom is -0.461 e. The topological polar surface area (TPSA) is 72.8 Å². The average Bonchev–Trinajstić information content (AvgIpc) is 2.90. The van der Waals surface area contributed by atoms with Crippen LogP contribution in [0.4, 0.5) is 0 Å². The van der Waals surface area contributed by atoms with Crippen molar-refractivity contribution in [1.82, 2.24) is 0 Å². The van der Waals surface area contributed by atoms with Crippen LogP contribution in [0.15, 0.2) is 11.1 Å². The van der Waals surface area contributed by atoms with Gasteiger partial charge in [-0.3, -0.25) is 4.79 Å². The molecule has 1 saturated heterocycles. The third kappa shape index (κ3) is 5.62. The third-order valence-electron chi connectivity index (χ3n) is 4.57. The van der Waals surface area contributed by atoms with Crippen molar-refractivity contribution in [2.24, 2.45) is 5.92 Å². The van der Waals surface area contributed by atoms with Crippen LogP contribution in [-0.4, -0.2) is 35.9 Å². The normalized spacial score (nSPS) is 20.4. The maximum atomic E-state index is 12.4. The minimum absolute atomic E-state index is 0.0837. The highest BCUT2D eigenvalue weighted by Crippen LogP contribution is 2.33. The fraction of sp³-hybridized carbons (Fsp3) is 0.789. The monoisotopic (exact) mass is 340 g/mol. The summed E-state index contributed by atoms with van der Waals surface area (Å²) in [7, 11) is 0. The highest BCUT2D eigenvalue weighted by molar-refractivity contribution is 5.92. The highest BCUT2D eigenvalue weighted by Gasteiger charge is 2.45. The van der Waals surface area contributed by atoms with Crippen molar-refractivity contribution in [3.8, 4) is 0 Å². The quantitative estimate of drug-likeness (QED) is 0.486. The van der Waals surface area contributed by atoms with E-state index in [-0.39, 0.29) is 31.5 Å². The largest absolute Gasteiger partial charge is 0.461 e. The number of ether oxygens (including phenoxy) is 2. The number of aliphatic hydroxyl groups excluding tert-OH is 1. The Hall–Kier alpha value is -1.36. The second-order valence-electron chi connectivity index (χ2n) is 6.98. The molecule has 0 aliphatic carbocycles. The van der Waals surface area contributed by atoms with Gasteiger partial charge >= 0.3 is 11.9 Å². The van der Waals surface area contributed by atoms with Gasteiger partial charge in [0.25, 0.3) is 0 Å². The molecule has 0 aromatic heterocycles. The summed E-state index contributed by atoms with van der Waals surface area (Å²) in [6, 6.07) is 0. The van der Waals surface area contributed by atoms with E-state index in [9.17, 15) is 14.7 Å². The van der Waals surface area contributed by atoms with Crippen LogP contribution >= 0.6 is 0 Å². The van der Waals surface area contributed by atoms with Gasteiger partial charge in [-0.1, -0.05) is 45.1 Å². The summed E-state index contributed by atoms with van der Waals surface area (Å²) in [5.74, 6) is -0.777. The first-order valence-corrected chi connectivity index (χ1v) is 9.06. The molecule has 1 unspecified atom stereocenters. The van der Waals surface area contributed by atoms with Gasteiger partial charge in [0, 0.05) is 12.0 Å². The van der Waals surface area contributed by atoms with E-state index in [0.29, 0.717) is 5.57 Å². The summed E-state index contributed by atoms with van der Waals surface area (Å²) in [5.41, 5.74) is 0.304. The second kappa shape index (κ2) is 9.82. The van der Waals surface area contributed by atoms with Gasteiger partial charge < -0.3 is 14.6 Å². The standard InChI is InChI=1S/C19H32O5/c1-5-7-9-15(10-8-6-2)17(21)23-13-19(12-20)11-16(14(3)4)18(22)24-19/h15,20H,5-13H2,1-4H3. The zero-order valence-corrected chi connectivity index (χ0v) is 15.5. The van der Waals surface area contributed by atoms with E-state index in [0.717, 1.165) is 44.1 Å². The number of carbonyl (C=O) groups excluding carboxylic acids is 2. The number of hydrogen-bond donors (Lipinski definition) is 1. The Morgan fingerprint density at radius 2 is 1.83 bits per heavy atom. The second-order valence-corrected chi connectivity index (χ2v) is 6.98. The molecular weight excluding hydrogens is 308 g/mol. The molecule has 0 saturated carbocycles. The van der Waals surface area contributed by atoms with Crippen LogP contribution in [0, 0.1) is 5.92 Å². The maximum Gasteiger partial charge on any atom is 0.334 e. The lowest BCUT2D eigenvalue weighted by atomic mass is 9.95. The molecule has 1 aliphatic heterocycles. The first-order chi connectivity index (χ1) is 11.4. The lowest BCUT2D eigenvalue weighted by Crippen LogP contribution is -2.40. The zero-order chi connectivity index (χ0) is 18.2. The fourth-order valence-electron chi connectivity index (χ4n) is 2.89. The van der Waals surface area contributed by atoms with Crippen LogP contribution in [0.5, 0.6) is 0 Å². The van der Waals surface area contributed by atoms with Gasteiger partial charge in [0.1, 0.15) is 6.61 Å². The molecule has 1 fully saturated rings. The molecule has 0 aromatic carbocycles. The van der Waals surface area contributed by atoms with E-state index >= 15 is 0 Å². The Labute approximate surface area is 145 Å². The van der Waals surface area contributed by atoms with E-state index in [1.165, 1.54) is 0 Å². The summed E-state index contributed by atoms with van der Waals surface area (Å²) in [5, 5.41) is 9.68. The Kier molecular flexibility index (Phi) is 8.46. The van der Waals surface area contributed by atoms with Crippen molar-refractivity contribution in [1.29, 1.82) is 0 Å². The summed E-state index contributed by atoms with van der Waals surface area (Å²) in [6.07, 6.45) is 5.99. The number of carbonyl (C=O) groups is 2. The Morgan fingerprint density at radius 3 is 2.25 bits per heavy atom. The number of allylic oxidation sites excluding steroid dienone is 1. The number of cyclic esters (lactones) is 1. The molecule has 1 atom stereocenters. The minimum atomic E-state index is -1.13. The van der Waals surface area contributed by atoms with Crippen molar-refractivity contribution in [2.75, 3.05) is 13.2 Å². The van der Waals surface area contributed by atoms with Crippen molar-refractivity contribution in [3.63, 3.8) is 0 Å². The van der Waals surface area contributed by atoms with Gasteiger partial charge in [0.15, 0.2) is 5.60 Å². The molecule has 0 spiro atoms. The summed E-state index contributed by atoms with van der Waals surface area (Å²) in [6.45, 7) is 7.43. The first-order valence-electron chi connectivity index (χ1n) is 9.06. The van der Waals surface area contributed by atoms with Gasteiger partial charge in [0.2, 0.25) is 0 Å². The van der Waals surface area contributed by atoms with Crippen molar-refractivity contribution in [3.05, 3.63) is 11.1 Å². The smallest absolute Gasteiger partial charge is 0.334 e. The van der Waals surface area contributed by atoms with Crippen LogP contribution in [-0.2, 0) is 19.1 Å². The molecule has 1 heterocycles. The van der Waals surface area contributed by atoms with Gasteiger partial charge in [-0.2, -0.15) is 0 Å². The van der Waals surface area contributed by atoms with E-state index < -0.39 is 11.6 Å². The van der Waals surface area contributed by atoms with E-state index in [1.807, 2.05) is 13.8 Å². The molecular formula is C19H32O5. The molecule has 5 nitrogen and oxygen atoms in total. The van der Waals surface area contributed by atoms with Crippen LogP contribution < -0.4 is 0 Å². The lowest BCUT2D eigenvalue weighted by molar-refractivity contribution is -0.169. The third-order valence-corrected chi connectivity index (χ3v) is 4.57. The molecule has 1 rings (SSSR count). The molecule has 0 amide bonds. The number of rotatable bonds is 10. The first kappa shape index (κ1) is 20.7. The molecule has 0 aromatic rings. The van der Waals surface area contributed by atoms with Crippen molar-refractivity contribution < 1.29 is 24.2 Å². The Balaban J connectivity index is 2.68. The van der Waals surface area contributed by atoms with Crippen LogP contribution in [0.1, 0.15) is 72.6 Å². The zero-order valence-electron chi connectivity index (χ0n) is 15.5. The lowest BCUT2D eigenvalue weighted by Gasteiger charge is -2.25. The average molecular weight is 340 g/mol. The maximum absolute atomic E-state index is 12.4. The van der Waals surface area contributed by atoms with Gasteiger partial charge in [-0.25, -0.2) is 4.79 Å². The summed E-state index contributed by atoms with van der Waals surface area (Å²) >= 11 is 0. The molecule has 1 aliphatic rings. The molecule has 0 radical (unpaired) electrons. The summed E-state index contributed by atoms with van der Waals surface area (Å²) < 4.78 is 10.8. The molecule has 138 valence electrons. The Bertz CT molecular complexity index is 456. The van der Waals surface area contributed by atoms with E-state index in [2.05, 4.69) is 13.8 Å². The molecule has 24 heavy (non-hydrogen) atoms.